The summed E-state index contributed by atoms with van der Waals surface area (Å²) in [6.45, 7) is 0.426. The van der Waals surface area contributed by atoms with Gasteiger partial charge in [0.15, 0.2) is 0 Å². The molecule has 0 saturated carbocycles. The lowest BCUT2D eigenvalue weighted by molar-refractivity contribution is 0.755. The van der Waals surface area contributed by atoms with Gasteiger partial charge in [-0.25, -0.2) is 0 Å². The van der Waals surface area contributed by atoms with Crippen LogP contribution in [0.3, 0.4) is 0 Å². The van der Waals surface area contributed by atoms with E-state index in [-0.39, 0.29) is 5.56 Å². The quantitative estimate of drug-likeness (QED) is 0.727. The zero-order chi connectivity index (χ0) is 12.4. The molecule has 1 aromatic heterocycles. The predicted octanol–water partition coefficient (Wildman–Crippen LogP) is 3.81. The van der Waals surface area contributed by atoms with Crippen LogP contribution in [0.5, 0.6) is 0 Å². The molecule has 0 radical (unpaired) electrons. The molecular weight excluding hydrogens is 372 g/mol. The van der Waals surface area contributed by atoms with E-state index in [1.165, 1.54) is 0 Å². The van der Waals surface area contributed by atoms with Crippen LogP contribution < -0.4 is 5.56 Å². The molecule has 0 fully saturated rings. The molecule has 0 spiro atoms. The molecule has 2 aromatic rings. The van der Waals surface area contributed by atoms with Crippen molar-refractivity contribution in [2.75, 3.05) is 0 Å². The van der Waals surface area contributed by atoms with E-state index in [0.717, 1.165) is 5.56 Å². The Morgan fingerprint density at radius 1 is 1.24 bits per heavy atom. The highest BCUT2D eigenvalue weighted by atomic mass is 127. The zero-order valence-electron chi connectivity index (χ0n) is 8.66. The van der Waals surface area contributed by atoms with Gasteiger partial charge in [0.25, 0.3) is 5.56 Å². The molecule has 0 aliphatic heterocycles. The molecule has 1 heterocycles. The zero-order valence-corrected chi connectivity index (χ0v) is 12.3. The Labute approximate surface area is 122 Å². The Bertz CT molecular complexity index is 610. The average molecular weight is 380 g/mol. The van der Waals surface area contributed by atoms with E-state index in [1.54, 1.807) is 35.0 Å². The summed E-state index contributed by atoms with van der Waals surface area (Å²) in [5.41, 5.74) is 0.812. The summed E-state index contributed by atoms with van der Waals surface area (Å²) in [6.07, 6.45) is 1.74. The molecule has 2 rings (SSSR count). The second-order valence-electron chi connectivity index (χ2n) is 3.52. The number of nitrogens with zero attached hydrogens (tertiary/aromatic N) is 1. The summed E-state index contributed by atoms with van der Waals surface area (Å²) in [5.74, 6) is 0. The number of hydrogen-bond donors (Lipinski definition) is 0. The molecule has 17 heavy (non-hydrogen) atoms. The summed E-state index contributed by atoms with van der Waals surface area (Å²) in [6, 6.07) is 8.85. The highest BCUT2D eigenvalue weighted by molar-refractivity contribution is 14.1. The second kappa shape index (κ2) is 5.42. The summed E-state index contributed by atoms with van der Waals surface area (Å²) in [5, 5.41) is 1.23. The van der Waals surface area contributed by atoms with Gasteiger partial charge in [-0.3, -0.25) is 4.79 Å². The fraction of sp³-hybridized carbons (Fsp3) is 0.0833. The van der Waals surface area contributed by atoms with Gasteiger partial charge in [0.1, 0.15) is 0 Å². The molecule has 0 atom stereocenters. The van der Waals surface area contributed by atoms with Crippen LogP contribution in [-0.4, -0.2) is 4.57 Å². The van der Waals surface area contributed by atoms with E-state index in [4.69, 9.17) is 23.2 Å². The number of rotatable bonds is 2. The van der Waals surface area contributed by atoms with Crippen molar-refractivity contribution >= 4 is 45.8 Å². The number of hydrogen-bond acceptors (Lipinski definition) is 1. The lowest BCUT2D eigenvalue weighted by atomic mass is 10.2. The van der Waals surface area contributed by atoms with Crippen molar-refractivity contribution in [3.8, 4) is 0 Å². The summed E-state index contributed by atoms with van der Waals surface area (Å²) in [4.78, 5) is 11.8. The molecule has 88 valence electrons. The Balaban J connectivity index is 2.41. The molecule has 2 nitrogen and oxygen atoms in total. The van der Waals surface area contributed by atoms with E-state index in [9.17, 15) is 4.79 Å². The SMILES string of the molecule is O=c1c(I)cccn1Cc1cc(Cl)ccc1Cl. The van der Waals surface area contributed by atoms with Crippen molar-refractivity contribution in [2.24, 2.45) is 0 Å². The smallest absolute Gasteiger partial charge is 0.264 e. The van der Waals surface area contributed by atoms with Gasteiger partial charge in [-0.15, -0.1) is 0 Å². The first kappa shape index (κ1) is 12.9. The molecule has 0 aliphatic carbocycles. The van der Waals surface area contributed by atoms with Crippen molar-refractivity contribution < 1.29 is 0 Å². The third-order valence-electron chi connectivity index (χ3n) is 2.32. The van der Waals surface area contributed by atoms with Crippen molar-refractivity contribution in [1.82, 2.24) is 4.57 Å². The Kier molecular flexibility index (Phi) is 4.12. The van der Waals surface area contributed by atoms with Crippen molar-refractivity contribution in [3.63, 3.8) is 0 Å². The van der Waals surface area contributed by atoms with Crippen molar-refractivity contribution in [2.45, 2.75) is 6.54 Å². The van der Waals surface area contributed by atoms with Gasteiger partial charge < -0.3 is 4.57 Å². The van der Waals surface area contributed by atoms with Crippen LogP contribution in [0, 0.1) is 3.57 Å². The minimum absolute atomic E-state index is 0.0239. The lowest BCUT2D eigenvalue weighted by Gasteiger charge is -2.08. The minimum atomic E-state index is -0.0239. The Morgan fingerprint density at radius 2 is 2.00 bits per heavy atom. The molecule has 0 aliphatic rings. The predicted molar refractivity (Wildman–Crippen MR) is 79.0 cm³/mol. The van der Waals surface area contributed by atoms with Crippen LogP contribution in [0.15, 0.2) is 41.3 Å². The van der Waals surface area contributed by atoms with Gasteiger partial charge in [0, 0.05) is 16.2 Å². The van der Waals surface area contributed by atoms with Crippen LogP contribution in [0.4, 0.5) is 0 Å². The minimum Gasteiger partial charge on any atom is -0.310 e. The van der Waals surface area contributed by atoms with Crippen LogP contribution in [-0.2, 0) is 6.54 Å². The van der Waals surface area contributed by atoms with Gasteiger partial charge in [-0.05, 0) is 58.5 Å². The van der Waals surface area contributed by atoms with Crippen LogP contribution in [0.25, 0.3) is 0 Å². The standard InChI is InChI=1S/C12H8Cl2INO/c13-9-3-4-10(14)8(6-9)7-16-5-1-2-11(15)12(16)17/h1-6H,7H2. The number of halogens is 3. The number of aromatic nitrogens is 1. The fourth-order valence-electron chi connectivity index (χ4n) is 1.48. The molecule has 5 heteroatoms. The van der Waals surface area contributed by atoms with Crippen molar-refractivity contribution in [3.05, 3.63) is 66.1 Å². The van der Waals surface area contributed by atoms with Gasteiger partial charge >= 0.3 is 0 Å². The maximum Gasteiger partial charge on any atom is 0.264 e. The van der Waals surface area contributed by atoms with Gasteiger partial charge in [0.2, 0.25) is 0 Å². The normalized spacial score (nSPS) is 10.5. The number of pyridine rings is 1. The first-order valence-corrected chi connectivity index (χ1v) is 6.70. The average Bonchev–Trinajstić information content (AvgIpc) is 2.30. The number of benzene rings is 1. The molecule has 0 saturated heterocycles. The maximum absolute atomic E-state index is 11.8. The van der Waals surface area contributed by atoms with E-state index in [2.05, 4.69) is 0 Å². The molecular formula is C12H8Cl2INO. The first-order valence-electron chi connectivity index (χ1n) is 4.87. The Morgan fingerprint density at radius 3 is 2.76 bits per heavy atom. The topological polar surface area (TPSA) is 22.0 Å². The summed E-state index contributed by atoms with van der Waals surface area (Å²) >= 11 is 14.0. The molecule has 0 bridgehead atoms. The van der Waals surface area contributed by atoms with Crippen LogP contribution in [0.1, 0.15) is 5.56 Å². The van der Waals surface area contributed by atoms with Gasteiger partial charge in [-0.2, -0.15) is 0 Å². The first-order chi connectivity index (χ1) is 8.08. The third-order valence-corrected chi connectivity index (χ3v) is 3.75. The van der Waals surface area contributed by atoms with E-state index in [1.807, 2.05) is 28.7 Å². The van der Waals surface area contributed by atoms with Crippen molar-refractivity contribution in [1.29, 1.82) is 0 Å². The van der Waals surface area contributed by atoms with Crippen LogP contribution >= 0.6 is 45.8 Å². The lowest BCUT2D eigenvalue weighted by Crippen LogP contribution is -2.21. The Hall–Kier alpha value is -0.520. The summed E-state index contributed by atoms with van der Waals surface area (Å²) in [7, 11) is 0. The fourth-order valence-corrected chi connectivity index (χ4v) is 2.37. The van der Waals surface area contributed by atoms with Gasteiger partial charge in [0.05, 0.1) is 10.1 Å². The van der Waals surface area contributed by atoms with Crippen LogP contribution in [0.2, 0.25) is 10.0 Å². The van der Waals surface area contributed by atoms with E-state index in [0.29, 0.717) is 20.2 Å². The third kappa shape index (κ3) is 3.03. The largest absolute Gasteiger partial charge is 0.310 e. The molecule has 0 unspecified atom stereocenters. The maximum atomic E-state index is 11.8. The second-order valence-corrected chi connectivity index (χ2v) is 5.53. The van der Waals surface area contributed by atoms with E-state index >= 15 is 0 Å². The highest BCUT2D eigenvalue weighted by Gasteiger charge is 2.05. The molecule has 1 aromatic carbocycles. The molecule has 0 N–H and O–H groups in total. The summed E-state index contributed by atoms with van der Waals surface area (Å²) < 4.78 is 2.29. The highest BCUT2D eigenvalue weighted by Crippen LogP contribution is 2.21. The van der Waals surface area contributed by atoms with E-state index < -0.39 is 0 Å². The monoisotopic (exact) mass is 379 g/mol. The van der Waals surface area contributed by atoms with Gasteiger partial charge in [-0.1, -0.05) is 23.2 Å². The molecule has 0 amide bonds.